The monoisotopic (exact) mass is 248 g/mol. The summed E-state index contributed by atoms with van der Waals surface area (Å²) in [6.07, 6.45) is 0. The Kier molecular flexibility index (Phi) is 346. The Hall–Kier alpha value is 1.40. The zero-order valence-electron chi connectivity index (χ0n) is 2.26. The van der Waals surface area contributed by atoms with Crippen LogP contribution in [-0.4, -0.2) is 26.2 Å². The van der Waals surface area contributed by atoms with Crippen molar-refractivity contribution in [2.24, 2.45) is 0 Å². The minimum Gasteiger partial charge on any atom is -2.00 e. The second-order valence-corrected chi connectivity index (χ2v) is 0. The molecule has 0 saturated heterocycles. The molecule has 0 atom stereocenters. The molecule has 0 aliphatic heterocycles. The number of hydrogen-bond donors (Lipinski definition) is 0. The third kappa shape index (κ3) is 9.99. The molecule has 0 aromatic rings. The Bertz CT molecular complexity index is 6.00. The molecule has 0 saturated carbocycles. The average molecular weight is 248 g/mol. The van der Waals surface area contributed by atoms with Crippen molar-refractivity contribution in [2.75, 3.05) is 0 Å². The first kappa shape index (κ1) is 53.3. The summed E-state index contributed by atoms with van der Waals surface area (Å²) in [6, 6.07) is 0. The first-order valence-corrected chi connectivity index (χ1v) is 0. The molecule has 0 rings (SSSR count). The van der Waals surface area contributed by atoms with Gasteiger partial charge in [0.05, 0.1) is 0 Å². The third-order valence-corrected chi connectivity index (χ3v) is 0. The first-order valence-electron chi connectivity index (χ1n) is 0. The van der Waals surface area contributed by atoms with Crippen molar-refractivity contribution >= 4 is 26.2 Å². The minimum atomic E-state index is 0. The van der Waals surface area contributed by atoms with E-state index in [4.69, 9.17) is 0 Å². The predicted octanol–water partition coefficient (Wildman–Crippen LogP) is -3.61. The third-order valence-electron chi connectivity index (χ3n) is 0. The van der Waals surface area contributed by atoms with E-state index in [1.54, 1.807) is 0 Å². The first-order chi connectivity index (χ1) is 0. The van der Waals surface area contributed by atoms with E-state index in [-0.39, 0.29) is 56.0 Å². The van der Waals surface area contributed by atoms with Gasteiger partial charge in [0.1, 0.15) is 0 Å². The maximum atomic E-state index is 0. The Morgan fingerprint density at radius 1 is 0.750 bits per heavy atom. The molecule has 2 radical (unpaired) electrons. The van der Waals surface area contributed by atoms with Gasteiger partial charge in [0.25, 0.3) is 0 Å². The Balaban J connectivity index is 0. The standard InChI is InChI=1S/Bi.Li.2O/q+3;+1;2*-2. The molecule has 0 aromatic carbocycles. The Morgan fingerprint density at radius 2 is 0.750 bits per heavy atom. The van der Waals surface area contributed by atoms with Crippen LogP contribution in [0.25, 0.3) is 0 Å². The van der Waals surface area contributed by atoms with Gasteiger partial charge >= 0.3 is 45.1 Å². The molecule has 4 heteroatoms. The van der Waals surface area contributed by atoms with Gasteiger partial charge in [0.15, 0.2) is 0 Å². The zero-order valence-corrected chi connectivity index (χ0v) is 5.74. The largest absolute Gasteiger partial charge is 3.00 e. The average Bonchev–Trinajstić information content (AvgIpc) is 0. The molecule has 0 bridgehead atoms. The fraction of sp³-hybridized carbons (Fsp3) is 0. The minimum absolute atomic E-state index is 0. The SMILES string of the molecule is [Bi+3].[Li+].[O-2].[O-2]. The molecule has 2 nitrogen and oxygen atoms in total. The van der Waals surface area contributed by atoms with E-state index in [0.717, 1.165) is 0 Å². The Morgan fingerprint density at radius 3 is 0.750 bits per heavy atom. The van der Waals surface area contributed by atoms with E-state index in [2.05, 4.69) is 0 Å². The molecule has 18 valence electrons. The van der Waals surface area contributed by atoms with Crippen LogP contribution in [0.2, 0.25) is 0 Å². The van der Waals surface area contributed by atoms with Crippen LogP contribution in [0.1, 0.15) is 0 Å². The van der Waals surface area contributed by atoms with Crippen molar-refractivity contribution in [3.05, 3.63) is 0 Å². The van der Waals surface area contributed by atoms with Gasteiger partial charge in [-0.3, -0.25) is 0 Å². The van der Waals surface area contributed by atoms with Gasteiger partial charge in [-0.05, 0) is 0 Å². The summed E-state index contributed by atoms with van der Waals surface area (Å²) in [5.74, 6) is 0. The predicted molar refractivity (Wildman–Crippen MR) is 7.13 cm³/mol. The summed E-state index contributed by atoms with van der Waals surface area (Å²) in [5.41, 5.74) is 0. The van der Waals surface area contributed by atoms with Crippen LogP contribution < -0.4 is 18.9 Å². The van der Waals surface area contributed by atoms with Gasteiger partial charge in [-0.15, -0.1) is 0 Å². The van der Waals surface area contributed by atoms with Gasteiger partial charge in [0.2, 0.25) is 0 Å². The van der Waals surface area contributed by atoms with E-state index in [1.807, 2.05) is 0 Å². The summed E-state index contributed by atoms with van der Waals surface area (Å²) < 4.78 is 0. The molecule has 0 aliphatic rings. The van der Waals surface area contributed by atoms with Crippen LogP contribution in [-0.2, 0) is 11.0 Å². The second-order valence-electron chi connectivity index (χ2n) is 0. The summed E-state index contributed by atoms with van der Waals surface area (Å²) in [6.45, 7) is 0. The molecule has 0 heterocycles. The maximum Gasteiger partial charge on any atom is 3.00 e. The molecule has 0 spiro atoms. The summed E-state index contributed by atoms with van der Waals surface area (Å²) in [4.78, 5) is 0. The Labute approximate surface area is 55.9 Å². The zero-order chi connectivity index (χ0) is 0. The normalized spacial score (nSPS) is 0. The topological polar surface area (TPSA) is 57.0 Å². The van der Waals surface area contributed by atoms with E-state index in [9.17, 15) is 0 Å². The van der Waals surface area contributed by atoms with E-state index >= 15 is 0 Å². The molecule has 0 N–H and O–H groups in total. The van der Waals surface area contributed by atoms with E-state index < -0.39 is 0 Å². The molecule has 0 unspecified atom stereocenters. The van der Waals surface area contributed by atoms with E-state index in [1.165, 1.54) is 0 Å². The van der Waals surface area contributed by atoms with Crippen LogP contribution in [0.4, 0.5) is 0 Å². The van der Waals surface area contributed by atoms with Crippen LogP contribution in [0, 0.1) is 0 Å². The number of hydrogen-bond acceptors (Lipinski definition) is 0. The fourth-order valence-corrected chi connectivity index (χ4v) is 0. The maximum absolute atomic E-state index is 0. The van der Waals surface area contributed by atoms with Crippen LogP contribution in [0.15, 0.2) is 0 Å². The summed E-state index contributed by atoms with van der Waals surface area (Å²) >= 11 is 0. The molecular weight excluding hydrogens is 248 g/mol. The van der Waals surface area contributed by atoms with Crippen molar-refractivity contribution in [1.82, 2.24) is 0 Å². The molecule has 4 heavy (non-hydrogen) atoms. The molecular formula is BiLiO2. The molecule has 0 aromatic heterocycles. The van der Waals surface area contributed by atoms with E-state index in [0.29, 0.717) is 0 Å². The summed E-state index contributed by atoms with van der Waals surface area (Å²) in [5, 5.41) is 0. The fourth-order valence-electron chi connectivity index (χ4n) is 0. The molecule has 0 fully saturated rings. The van der Waals surface area contributed by atoms with Crippen LogP contribution >= 0.6 is 0 Å². The van der Waals surface area contributed by atoms with Gasteiger partial charge in [-0.1, -0.05) is 0 Å². The van der Waals surface area contributed by atoms with Crippen LogP contribution in [0.5, 0.6) is 0 Å². The van der Waals surface area contributed by atoms with Gasteiger partial charge in [-0.25, -0.2) is 0 Å². The van der Waals surface area contributed by atoms with Gasteiger partial charge in [0, 0.05) is 0 Å². The summed E-state index contributed by atoms with van der Waals surface area (Å²) in [7, 11) is 0. The second kappa shape index (κ2) is 25.9. The molecule has 0 aliphatic carbocycles. The van der Waals surface area contributed by atoms with Crippen LogP contribution in [0.3, 0.4) is 0 Å². The van der Waals surface area contributed by atoms with Crippen molar-refractivity contribution in [3.8, 4) is 0 Å². The number of rotatable bonds is 0. The van der Waals surface area contributed by atoms with Crippen molar-refractivity contribution in [2.45, 2.75) is 0 Å². The van der Waals surface area contributed by atoms with Crippen molar-refractivity contribution < 1.29 is 29.8 Å². The smallest absolute Gasteiger partial charge is 2.00 e. The van der Waals surface area contributed by atoms with Crippen molar-refractivity contribution in [3.63, 3.8) is 0 Å². The van der Waals surface area contributed by atoms with Crippen molar-refractivity contribution in [1.29, 1.82) is 0 Å². The molecule has 0 amide bonds. The van der Waals surface area contributed by atoms with Gasteiger partial charge < -0.3 is 11.0 Å². The van der Waals surface area contributed by atoms with Gasteiger partial charge in [-0.2, -0.15) is 0 Å². The quantitative estimate of drug-likeness (QED) is 0.397.